The van der Waals surface area contributed by atoms with E-state index in [4.69, 9.17) is 9.72 Å². The number of aromatic nitrogens is 2. The van der Waals surface area contributed by atoms with E-state index < -0.39 is 0 Å². The number of halogens is 3. The van der Waals surface area contributed by atoms with E-state index in [9.17, 15) is 9.18 Å². The molecule has 4 aromatic rings. The van der Waals surface area contributed by atoms with Gasteiger partial charge in [0.25, 0.3) is 5.56 Å². The molecule has 0 atom stereocenters. The maximum atomic E-state index is 14.0. The first-order valence-corrected chi connectivity index (χ1v) is 12.5. The maximum absolute atomic E-state index is 14.0. The normalized spacial score (nSPS) is 11.4. The second kappa shape index (κ2) is 11.1. The SMILES string of the molecule is CCCCc1nc2ccc(Br)cc2c(=O)n1N=Cc1cc(Br)ccc1OCc1ccccc1F. The summed E-state index contributed by atoms with van der Waals surface area (Å²) in [6.07, 6.45) is 4.06. The second-order valence-electron chi connectivity index (χ2n) is 7.72. The molecule has 0 unspecified atom stereocenters. The van der Waals surface area contributed by atoms with Crippen LogP contribution in [0, 0.1) is 5.82 Å². The molecular formula is C26H22Br2FN3O2. The summed E-state index contributed by atoms with van der Waals surface area (Å²) in [5.41, 5.74) is 1.50. The molecule has 1 heterocycles. The van der Waals surface area contributed by atoms with Crippen LogP contribution in [-0.4, -0.2) is 15.9 Å². The van der Waals surface area contributed by atoms with Crippen molar-refractivity contribution in [3.05, 3.63) is 103 Å². The predicted octanol–water partition coefficient (Wildman–Crippen LogP) is 6.86. The van der Waals surface area contributed by atoms with Gasteiger partial charge in [0.05, 0.1) is 17.1 Å². The Morgan fingerprint density at radius 1 is 1.09 bits per heavy atom. The van der Waals surface area contributed by atoms with Gasteiger partial charge in [-0.1, -0.05) is 63.4 Å². The molecule has 0 spiro atoms. The van der Waals surface area contributed by atoms with E-state index >= 15 is 0 Å². The fraction of sp³-hybridized carbons (Fsp3) is 0.192. The minimum absolute atomic E-state index is 0.0718. The van der Waals surface area contributed by atoms with Crippen LogP contribution in [0.4, 0.5) is 4.39 Å². The van der Waals surface area contributed by atoms with Crippen molar-refractivity contribution in [2.24, 2.45) is 5.10 Å². The average molecular weight is 587 g/mol. The van der Waals surface area contributed by atoms with Gasteiger partial charge in [0.1, 0.15) is 24.0 Å². The average Bonchev–Trinajstić information content (AvgIpc) is 2.83. The molecule has 34 heavy (non-hydrogen) atoms. The van der Waals surface area contributed by atoms with E-state index in [2.05, 4.69) is 43.9 Å². The molecule has 8 heteroatoms. The van der Waals surface area contributed by atoms with Crippen LogP contribution in [0.2, 0.25) is 0 Å². The number of aryl methyl sites for hydroxylation is 1. The van der Waals surface area contributed by atoms with Gasteiger partial charge in [-0.2, -0.15) is 9.78 Å². The van der Waals surface area contributed by atoms with Crippen LogP contribution < -0.4 is 10.3 Å². The fourth-order valence-corrected chi connectivity index (χ4v) is 4.19. The van der Waals surface area contributed by atoms with Gasteiger partial charge < -0.3 is 4.74 Å². The topological polar surface area (TPSA) is 56.5 Å². The Balaban J connectivity index is 1.72. The van der Waals surface area contributed by atoms with Crippen LogP contribution in [-0.2, 0) is 13.0 Å². The number of fused-ring (bicyclic) bond motifs is 1. The third-order valence-electron chi connectivity index (χ3n) is 5.25. The highest BCUT2D eigenvalue weighted by atomic mass is 79.9. The summed E-state index contributed by atoms with van der Waals surface area (Å²) in [6, 6.07) is 17.4. The second-order valence-corrected chi connectivity index (χ2v) is 9.55. The monoisotopic (exact) mass is 585 g/mol. The van der Waals surface area contributed by atoms with Gasteiger partial charge in [0.15, 0.2) is 0 Å². The first kappa shape index (κ1) is 24.3. The predicted molar refractivity (Wildman–Crippen MR) is 140 cm³/mol. The number of hydrogen-bond donors (Lipinski definition) is 0. The molecule has 0 aliphatic rings. The van der Waals surface area contributed by atoms with Crippen molar-refractivity contribution in [2.75, 3.05) is 0 Å². The molecular weight excluding hydrogens is 565 g/mol. The highest BCUT2D eigenvalue weighted by molar-refractivity contribution is 9.10. The Labute approximate surface area is 213 Å². The quantitative estimate of drug-likeness (QED) is 0.212. The van der Waals surface area contributed by atoms with Crippen LogP contribution in [0.5, 0.6) is 5.75 Å². The molecule has 0 fully saturated rings. The Kier molecular flexibility index (Phi) is 7.90. The molecule has 0 saturated carbocycles. The zero-order valence-electron chi connectivity index (χ0n) is 18.5. The molecule has 0 saturated heterocycles. The Morgan fingerprint density at radius 3 is 2.65 bits per heavy atom. The van der Waals surface area contributed by atoms with Gasteiger partial charge >= 0.3 is 0 Å². The Bertz CT molecular complexity index is 1420. The van der Waals surface area contributed by atoms with E-state index in [-0.39, 0.29) is 18.0 Å². The summed E-state index contributed by atoms with van der Waals surface area (Å²) in [7, 11) is 0. The lowest BCUT2D eigenvalue weighted by molar-refractivity contribution is 0.299. The lowest BCUT2D eigenvalue weighted by Gasteiger charge is -2.11. The van der Waals surface area contributed by atoms with Crippen molar-refractivity contribution in [1.29, 1.82) is 0 Å². The molecule has 0 radical (unpaired) electrons. The number of benzene rings is 3. The summed E-state index contributed by atoms with van der Waals surface area (Å²) in [4.78, 5) is 18.0. The van der Waals surface area contributed by atoms with Crippen LogP contribution in [0.1, 0.15) is 36.7 Å². The summed E-state index contributed by atoms with van der Waals surface area (Å²) in [6.45, 7) is 2.16. The van der Waals surface area contributed by atoms with Crippen molar-refractivity contribution >= 4 is 49.0 Å². The van der Waals surface area contributed by atoms with Crippen LogP contribution in [0.3, 0.4) is 0 Å². The summed E-state index contributed by atoms with van der Waals surface area (Å²) >= 11 is 6.89. The lowest BCUT2D eigenvalue weighted by Crippen LogP contribution is -2.22. The molecule has 5 nitrogen and oxygen atoms in total. The highest BCUT2D eigenvalue weighted by Crippen LogP contribution is 2.24. The minimum atomic E-state index is -0.324. The zero-order chi connectivity index (χ0) is 24.1. The Hall–Kier alpha value is -2.84. The van der Waals surface area contributed by atoms with Crippen LogP contribution in [0.25, 0.3) is 10.9 Å². The Morgan fingerprint density at radius 2 is 1.85 bits per heavy atom. The number of unbranched alkanes of at least 4 members (excludes halogenated alkanes) is 1. The largest absolute Gasteiger partial charge is 0.488 e. The van der Waals surface area contributed by atoms with Gasteiger partial charge in [0, 0.05) is 26.5 Å². The minimum Gasteiger partial charge on any atom is -0.488 e. The molecule has 1 aromatic heterocycles. The molecule has 0 aliphatic heterocycles. The number of rotatable bonds is 8. The lowest BCUT2D eigenvalue weighted by atomic mass is 10.2. The molecule has 4 rings (SSSR count). The third-order valence-corrected chi connectivity index (χ3v) is 6.24. The fourth-order valence-electron chi connectivity index (χ4n) is 3.45. The molecule has 0 N–H and O–H groups in total. The van der Waals surface area contributed by atoms with Gasteiger partial charge in [-0.3, -0.25) is 4.79 Å². The van der Waals surface area contributed by atoms with Crippen molar-refractivity contribution in [3.8, 4) is 5.75 Å². The first-order chi connectivity index (χ1) is 16.5. The molecule has 174 valence electrons. The van der Waals surface area contributed by atoms with E-state index in [0.29, 0.717) is 40.0 Å². The molecule has 0 bridgehead atoms. The summed E-state index contributed by atoms with van der Waals surface area (Å²) < 4.78 is 22.9. The van der Waals surface area contributed by atoms with Crippen molar-refractivity contribution in [2.45, 2.75) is 32.8 Å². The van der Waals surface area contributed by atoms with Crippen LogP contribution in [0.15, 0.2) is 79.5 Å². The maximum Gasteiger partial charge on any atom is 0.282 e. The van der Waals surface area contributed by atoms with Gasteiger partial charge in [-0.05, 0) is 48.9 Å². The molecule has 0 aliphatic carbocycles. The van der Waals surface area contributed by atoms with Crippen molar-refractivity contribution < 1.29 is 9.13 Å². The number of ether oxygens (including phenoxy) is 1. The van der Waals surface area contributed by atoms with Gasteiger partial charge in [-0.15, -0.1) is 0 Å². The summed E-state index contributed by atoms with van der Waals surface area (Å²) in [5.74, 6) is 0.798. The van der Waals surface area contributed by atoms with E-state index in [0.717, 1.165) is 21.8 Å². The third kappa shape index (κ3) is 5.62. The van der Waals surface area contributed by atoms with Crippen molar-refractivity contribution in [3.63, 3.8) is 0 Å². The van der Waals surface area contributed by atoms with E-state index in [1.807, 2.05) is 24.3 Å². The van der Waals surface area contributed by atoms with Crippen molar-refractivity contribution in [1.82, 2.24) is 9.66 Å². The van der Waals surface area contributed by atoms with E-state index in [1.165, 1.54) is 10.7 Å². The first-order valence-electron chi connectivity index (χ1n) is 10.9. The zero-order valence-corrected chi connectivity index (χ0v) is 21.6. The van der Waals surface area contributed by atoms with E-state index in [1.54, 1.807) is 36.5 Å². The summed E-state index contributed by atoms with van der Waals surface area (Å²) in [5, 5.41) is 4.99. The highest BCUT2D eigenvalue weighted by Gasteiger charge is 2.12. The molecule has 0 amide bonds. The molecule has 3 aromatic carbocycles. The number of hydrogen-bond acceptors (Lipinski definition) is 4. The van der Waals surface area contributed by atoms with Gasteiger partial charge in [0.2, 0.25) is 0 Å². The smallest absolute Gasteiger partial charge is 0.282 e. The van der Waals surface area contributed by atoms with Gasteiger partial charge in [-0.25, -0.2) is 9.37 Å². The standard InChI is InChI=1S/C26H22Br2FN3O2/c1-2-3-8-25-31-23-11-9-20(28)14-21(23)26(33)32(25)30-15-18-13-19(27)10-12-24(18)34-16-17-6-4-5-7-22(17)29/h4-7,9-15H,2-3,8,16H2,1H3. The number of nitrogens with zero attached hydrogens (tertiary/aromatic N) is 3. The van der Waals surface area contributed by atoms with Crippen LogP contribution >= 0.6 is 31.9 Å².